The molecule has 0 spiro atoms. The van der Waals surface area contributed by atoms with Crippen LogP contribution >= 0.6 is 0 Å². The van der Waals surface area contributed by atoms with E-state index >= 15 is 0 Å². The first-order chi connectivity index (χ1) is 34.2. The summed E-state index contributed by atoms with van der Waals surface area (Å²) < 4.78 is 11.4. The fourth-order valence-corrected chi connectivity index (χ4v) is 11.1. The van der Waals surface area contributed by atoms with Gasteiger partial charge < -0.3 is 13.6 Å². The van der Waals surface area contributed by atoms with Crippen molar-refractivity contribution in [3.8, 4) is 45.5 Å². The Labute approximate surface area is 394 Å². The number of hydrogen-bond donors (Lipinski definition) is 0. The van der Waals surface area contributed by atoms with Crippen LogP contribution in [0.2, 0.25) is 0 Å². The second-order valence-corrected chi connectivity index (χ2v) is 17.9. The second-order valence-electron chi connectivity index (χ2n) is 17.9. The normalized spacial score (nSPS) is 12.1. The van der Waals surface area contributed by atoms with Crippen LogP contribution in [-0.2, 0) is 0 Å². The molecule has 0 amide bonds. The molecule has 6 nitrogen and oxygen atoms in total. The summed E-state index contributed by atoms with van der Waals surface area (Å²) in [7, 11) is 0. The molecule has 0 saturated carbocycles. The summed E-state index contributed by atoms with van der Waals surface area (Å²) in [6.45, 7) is 0. The van der Waals surface area contributed by atoms with Crippen molar-refractivity contribution >= 4 is 97.9 Å². The summed E-state index contributed by atoms with van der Waals surface area (Å²) >= 11 is 0. The van der Waals surface area contributed by atoms with Crippen LogP contribution in [0.1, 0.15) is 0 Å². The van der Waals surface area contributed by atoms with Crippen LogP contribution in [0.25, 0.3) is 143 Å². The third-order valence-corrected chi connectivity index (χ3v) is 14.1. The molecule has 0 N–H and O–H groups in total. The van der Waals surface area contributed by atoms with Crippen molar-refractivity contribution < 1.29 is 4.42 Å². The highest BCUT2D eigenvalue weighted by molar-refractivity contribution is 6.27. The molecule has 4 aromatic heterocycles. The second kappa shape index (κ2) is 14.6. The third-order valence-electron chi connectivity index (χ3n) is 14.1. The lowest BCUT2D eigenvalue weighted by atomic mass is 9.93. The topological polar surface area (TPSA) is 61.7 Å². The fourth-order valence-electron chi connectivity index (χ4n) is 11.1. The van der Waals surface area contributed by atoms with Gasteiger partial charge in [-0.1, -0.05) is 158 Å². The van der Waals surface area contributed by atoms with E-state index in [4.69, 9.17) is 19.4 Å². The first-order valence-electron chi connectivity index (χ1n) is 23.3. The molecule has 6 heteroatoms. The molecule has 0 unspecified atom stereocenters. The molecule has 69 heavy (non-hydrogen) atoms. The molecule has 0 aliphatic heterocycles. The molecule has 4 heterocycles. The van der Waals surface area contributed by atoms with E-state index in [-0.39, 0.29) is 0 Å². The van der Waals surface area contributed by atoms with Gasteiger partial charge in [-0.25, -0.2) is 15.0 Å². The molecule has 0 aliphatic carbocycles. The lowest BCUT2D eigenvalue weighted by Gasteiger charge is -2.15. The number of furan rings is 1. The first kappa shape index (κ1) is 37.8. The van der Waals surface area contributed by atoms with Crippen molar-refractivity contribution in [1.29, 1.82) is 0 Å². The van der Waals surface area contributed by atoms with E-state index in [2.05, 4.69) is 191 Å². The Kier molecular flexibility index (Phi) is 7.97. The zero-order valence-corrected chi connectivity index (χ0v) is 37.0. The number of hydrogen-bond acceptors (Lipinski definition) is 4. The van der Waals surface area contributed by atoms with Crippen LogP contribution in [0.5, 0.6) is 0 Å². The molecule has 0 fully saturated rings. The molecule has 0 saturated heterocycles. The molecule has 0 bridgehead atoms. The van der Waals surface area contributed by atoms with Gasteiger partial charge in [-0.2, -0.15) is 0 Å². The Morgan fingerprint density at radius 1 is 0.275 bits per heavy atom. The van der Waals surface area contributed by atoms with Gasteiger partial charge in [0, 0.05) is 55.0 Å². The minimum atomic E-state index is 0.630. The van der Waals surface area contributed by atoms with Crippen molar-refractivity contribution in [1.82, 2.24) is 24.1 Å². The zero-order chi connectivity index (χ0) is 45.2. The molecule has 0 aliphatic rings. The largest absolute Gasteiger partial charge is 0.455 e. The van der Waals surface area contributed by atoms with Gasteiger partial charge in [-0.3, -0.25) is 0 Å². The van der Waals surface area contributed by atoms with E-state index in [1.54, 1.807) is 0 Å². The van der Waals surface area contributed by atoms with E-state index in [0.717, 1.165) is 88.2 Å². The highest BCUT2D eigenvalue weighted by atomic mass is 16.3. The van der Waals surface area contributed by atoms with Gasteiger partial charge in [-0.15, -0.1) is 0 Å². The molecule has 0 radical (unpaired) electrons. The van der Waals surface area contributed by atoms with Crippen molar-refractivity contribution in [2.75, 3.05) is 0 Å². The fraction of sp³-hybridized carbons (Fsp3) is 0. The monoisotopic (exact) mass is 879 g/mol. The molecule has 11 aromatic carbocycles. The van der Waals surface area contributed by atoms with Crippen molar-refractivity contribution in [2.24, 2.45) is 0 Å². The van der Waals surface area contributed by atoms with E-state index in [9.17, 15) is 0 Å². The molecule has 320 valence electrons. The first-order valence-corrected chi connectivity index (χ1v) is 23.3. The zero-order valence-electron chi connectivity index (χ0n) is 37.0. The van der Waals surface area contributed by atoms with Gasteiger partial charge in [0.15, 0.2) is 17.5 Å². The lowest BCUT2D eigenvalue weighted by Crippen LogP contribution is -2.00. The predicted octanol–water partition coefficient (Wildman–Crippen LogP) is 16.4. The Balaban J connectivity index is 0.942. The Bertz CT molecular complexity index is 4540. The van der Waals surface area contributed by atoms with Crippen LogP contribution in [0.4, 0.5) is 0 Å². The number of fused-ring (bicyclic) bond motifs is 16. The molecular formula is C63H37N5O. The van der Waals surface area contributed by atoms with Gasteiger partial charge >= 0.3 is 0 Å². The highest BCUT2D eigenvalue weighted by Gasteiger charge is 2.21. The standard InChI is InChI=1S/C63H37N5O/c1-3-15-38(16-4-1)61-64-62(39-17-5-2-6-18-39)66-63(65-61)40-27-30-45-43-19-7-8-20-44(43)46-31-28-41(36-52(46)51(45)35-40)67-54-24-12-9-21-47(54)53-37-42(29-33-56(53)67)68-55-25-13-10-23-50(55)59-57(68)34-32-49-48-22-11-14-26-58(48)69-60(49)59/h1-37H. The highest BCUT2D eigenvalue weighted by Crippen LogP contribution is 2.43. The maximum Gasteiger partial charge on any atom is 0.164 e. The summed E-state index contributed by atoms with van der Waals surface area (Å²) in [4.78, 5) is 15.2. The average molecular weight is 880 g/mol. The molecule has 0 atom stereocenters. The number of nitrogens with zero attached hydrogens (tertiary/aromatic N) is 5. The van der Waals surface area contributed by atoms with Gasteiger partial charge in [0.05, 0.1) is 27.5 Å². The molecular weight excluding hydrogens is 843 g/mol. The number of para-hydroxylation sites is 3. The number of benzene rings is 11. The van der Waals surface area contributed by atoms with E-state index < -0.39 is 0 Å². The van der Waals surface area contributed by atoms with E-state index in [1.807, 2.05) is 42.5 Å². The maximum absolute atomic E-state index is 6.63. The maximum atomic E-state index is 6.63. The van der Waals surface area contributed by atoms with Gasteiger partial charge in [0.2, 0.25) is 0 Å². The van der Waals surface area contributed by atoms with Crippen LogP contribution in [0.15, 0.2) is 229 Å². The summed E-state index contributed by atoms with van der Waals surface area (Å²) in [6, 6.07) is 79.9. The predicted molar refractivity (Wildman–Crippen MR) is 285 cm³/mol. The molecule has 15 rings (SSSR count). The van der Waals surface area contributed by atoms with Crippen LogP contribution < -0.4 is 0 Å². The number of aromatic nitrogens is 5. The summed E-state index contributed by atoms with van der Waals surface area (Å²) in [5.74, 6) is 1.91. The SMILES string of the molecule is c1ccc(-c2nc(-c3ccccc3)nc(-c3ccc4c5ccccc5c5ccc(-n6c7ccccc7c7cc(-n8c9ccccc9c9c%10oc%11ccccc%11c%10ccc98)ccc76)cc5c4c3)n2)cc1. The summed E-state index contributed by atoms with van der Waals surface area (Å²) in [5, 5.41) is 14.0. The Morgan fingerprint density at radius 3 is 1.42 bits per heavy atom. The van der Waals surface area contributed by atoms with Crippen molar-refractivity contribution in [3.63, 3.8) is 0 Å². The smallest absolute Gasteiger partial charge is 0.164 e. The lowest BCUT2D eigenvalue weighted by molar-refractivity contribution is 0.673. The van der Waals surface area contributed by atoms with Gasteiger partial charge in [-0.05, 0) is 99.0 Å². The quantitative estimate of drug-likeness (QED) is 0.162. The Hall–Kier alpha value is -9.39. The van der Waals surface area contributed by atoms with Crippen molar-refractivity contribution in [2.45, 2.75) is 0 Å². The van der Waals surface area contributed by atoms with Crippen LogP contribution in [0, 0.1) is 0 Å². The summed E-state index contributed by atoms with van der Waals surface area (Å²) in [5.41, 5.74) is 11.4. The Morgan fingerprint density at radius 2 is 0.725 bits per heavy atom. The average Bonchev–Trinajstić information content (AvgIpc) is 4.08. The van der Waals surface area contributed by atoms with E-state index in [1.165, 1.54) is 37.7 Å². The third kappa shape index (κ3) is 5.63. The van der Waals surface area contributed by atoms with Crippen LogP contribution in [-0.4, -0.2) is 24.1 Å². The minimum Gasteiger partial charge on any atom is -0.455 e. The summed E-state index contributed by atoms with van der Waals surface area (Å²) in [6.07, 6.45) is 0. The minimum absolute atomic E-state index is 0.630. The van der Waals surface area contributed by atoms with E-state index in [0.29, 0.717) is 17.5 Å². The molecule has 15 aromatic rings. The van der Waals surface area contributed by atoms with Gasteiger partial charge in [0.25, 0.3) is 0 Å². The number of rotatable bonds is 5. The van der Waals surface area contributed by atoms with Crippen LogP contribution in [0.3, 0.4) is 0 Å². The van der Waals surface area contributed by atoms with Gasteiger partial charge in [0.1, 0.15) is 11.2 Å². The van der Waals surface area contributed by atoms with Crippen molar-refractivity contribution in [3.05, 3.63) is 224 Å².